The molecule has 0 aliphatic heterocycles. The standard InChI is InChI=1S/C12H8B2Br4/c15-13(16)11-5-1-9(2-6-11)10-3-7-12(8-4-10)14(17)18/h1-8H. The van der Waals surface area contributed by atoms with Crippen LogP contribution in [-0.2, 0) is 0 Å². The second kappa shape index (κ2) is 6.78. The van der Waals surface area contributed by atoms with E-state index in [9.17, 15) is 0 Å². The lowest BCUT2D eigenvalue weighted by molar-refractivity contribution is 1.66. The summed E-state index contributed by atoms with van der Waals surface area (Å²) in [6.07, 6.45) is 0. The van der Waals surface area contributed by atoms with Crippen molar-refractivity contribution in [2.24, 2.45) is 0 Å². The maximum atomic E-state index is 3.49. The van der Waals surface area contributed by atoms with Crippen LogP contribution in [-0.4, -0.2) is 8.72 Å². The molecule has 2 aromatic rings. The third kappa shape index (κ3) is 3.75. The Morgan fingerprint density at radius 1 is 0.500 bits per heavy atom. The molecule has 0 nitrogen and oxygen atoms in total. The van der Waals surface area contributed by atoms with Crippen molar-refractivity contribution in [3.63, 3.8) is 0 Å². The molecule has 0 heterocycles. The van der Waals surface area contributed by atoms with Gasteiger partial charge in [-0.1, -0.05) is 59.5 Å². The van der Waals surface area contributed by atoms with E-state index in [0.717, 1.165) is 0 Å². The molecule has 2 aromatic carbocycles. The Morgan fingerprint density at radius 3 is 1.00 bits per heavy atom. The van der Waals surface area contributed by atoms with Crippen LogP contribution >= 0.6 is 63.0 Å². The minimum absolute atomic E-state index is 0.212. The van der Waals surface area contributed by atoms with Gasteiger partial charge in [-0.3, -0.25) is 0 Å². The highest BCUT2D eigenvalue weighted by Crippen LogP contribution is 2.18. The van der Waals surface area contributed by atoms with Crippen molar-refractivity contribution >= 4 is 82.7 Å². The van der Waals surface area contributed by atoms with Crippen LogP contribution in [0.25, 0.3) is 11.1 Å². The van der Waals surface area contributed by atoms with Crippen molar-refractivity contribution in [3.05, 3.63) is 48.5 Å². The molecule has 0 fully saturated rings. The fourth-order valence-corrected chi connectivity index (χ4v) is 2.86. The molecule has 6 heteroatoms. The zero-order valence-corrected chi connectivity index (χ0v) is 15.6. The molecule has 0 spiro atoms. The SMILES string of the molecule is BrB(Br)c1ccc(-c2ccc(B(Br)Br)cc2)cc1. The molecular formula is C12H8B2Br4. The predicted octanol–water partition coefficient (Wildman–Crippen LogP) is 4.32. The van der Waals surface area contributed by atoms with Gasteiger partial charge in [-0.2, -0.15) is 0 Å². The lowest BCUT2D eigenvalue weighted by atomic mass is 9.90. The molecule has 18 heavy (non-hydrogen) atoms. The van der Waals surface area contributed by atoms with Crippen LogP contribution in [0.4, 0.5) is 0 Å². The molecule has 0 atom stereocenters. The van der Waals surface area contributed by atoms with E-state index in [1.165, 1.54) is 22.1 Å². The average Bonchev–Trinajstić information content (AvgIpc) is 2.39. The fraction of sp³-hybridized carbons (Fsp3) is 0. The molecule has 0 aromatic heterocycles. The van der Waals surface area contributed by atoms with Gasteiger partial charge in [0.15, 0.2) is 0 Å². The van der Waals surface area contributed by atoms with E-state index in [4.69, 9.17) is 0 Å². The third-order valence-electron chi connectivity index (χ3n) is 2.66. The summed E-state index contributed by atoms with van der Waals surface area (Å²) >= 11 is 14.0. The number of halogens is 4. The first-order valence-electron chi connectivity index (χ1n) is 5.34. The Balaban J connectivity index is 2.25. The van der Waals surface area contributed by atoms with Gasteiger partial charge < -0.3 is 0 Å². The van der Waals surface area contributed by atoms with Crippen LogP contribution in [0.1, 0.15) is 0 Å². The van der Waals surface area contributed by atoms with E-state index >= 15 is 0 Å². The van der Waals surface area contributed by atoms with E-state index in [2.05, 4.69) is 112 Å². The van der Waals surface area contributed by atoms with Gasteiger partial charge in [-0.25, -0.2) is 0 Å². The van der Waals surface area contributed by atoms with Gasteiger partial charge in [0.2, 0.25) is 0 Å². The first-order chi connectivity index (χ1) is 8.58. The average molecular weight is 493 g/mol. The van der Waals surface area contributed by atoms with Crippen molar-refractivity contribution in [3.8, 4) is 11.1 Å². The molecule has 0 saturated heterocycles. The summed E-state index contributed by atoms with van der Waals surface area (Å²) in [5, 5.41) is 0. The van der Waals surface area contributed by atoms with Crippen LogP contribution in [0.2, 0.25) is 0 Å². The fourth-order valence-electron chi connectivity index (χ4n) is 1.64. The van der Waals surface area contributed by atoms with Crippen LogP contribution < -0.4 is 10.9 Å². The third-order valence-corrected chi connectivity index (χ3v) is 4.77. The highest BCUT2D eigenvalue weighted by molar-refractivity contribution is 9.50. The molecule has 90 valence electrons. The molecule has 0 N–H and O–H groups in total. The zero-order valence-electron chi connectivity index (χ0n) is 9.29. The highest BCUT2D eigenvalue weighted by Gasteiger charge is 2.09. The van der Waals surface area contributed by atoms with Crippen LogP contribution in [0.15, 0.2) is 48.5 Å². The normalized spacial score (nSPS) is 10.2. The summed E-state index contributed by atoms with van der Waals surface area (Å²) in [6, 6.07) is 17.0. The van der Waals surface area contributed by atoms with E-state index in [1.807, 2.05) is 0 Å². The number of benzene rings is 2. The lowest BCUT2D eigenvalue weighted by Crippen LogP contribution is -2.16. The van der Waals surface area contributed by atoms with Gasteiger partial charge in [0, 0.05) is 0 Å². The van der Waals surface area contributed by atoms with E-state index in [-0.39, 0.29) is 8.72 Å². The number of hydrogen-bond acceptors (Lipinski definition) is 0. The summed E-state index contributed by atoms with van der Waals surface area (Å²) in [4.78, 5) is 0. The lowest BCUT2D eigenvalue weighted by Gasteiger charge is -2.05. The topological polar surface area (TPSA) is 0 Å². The summed E-state index contributed by atoms with van der Waals surface area (Å²) in [6.45, 7) is 0. The van der Waals surface area contributed by atoms with Gasteiger partial charge in [0.1, 0.15) is 0 Å². The van der Waals surface area contributed by atoms with Crippen molar-refractivity contribution in [2.45, 2.75) is 0 Å². The second-order valence-corrected chi connectivity index (χ2v) is 9.97. The Morgan fingerprint density at radius 2 is 0.778 bits per heavy atom. The molecule has 0 aliphatic rings. The summed E-state index contributed by atoms with van der Waals surface area (Å²) in [5.74, 6) is 0. The predicted molar refractivity (Wildman–Crippen MR) is 98.4 cm³/mol. The van der Waals surface area contributed by atoms with Crippen molar-refractivity contribution in [1.82, 2.24) is 0 Å². The summed E-state index contributed by atoms with van der Waals surface area (Å²) in [5.41, 5.74) is 4.89. The monoisotopic (exact) mass is 490 g/mol. The maximum Gasteiger partial charge on any atom is 0.329 e. The van der Waals surface area contributed by atoms with E-state index < -0.39 is 0 Å². The molecule has 0 radical (unpaired) electrons. The van der Waals surface area contributed by atoms with Crippen molar-refractivity contribution < 1.29 is 0 Å². The molecule has 0 aliphatic carbocycles. The van der Waals surface area contributed by atoms with E-state index in [0.29, 0.717) is 0 Å². The minimum atomic E-state index is 0.212. The quantitative estimate of drug-likeness (QED) is 0.559. The van der Waals surface area contributed by atoms with Crippen LogP contribution in [0.3, 0.4) is 0 Å². The Labute approximate surface area is 141 Å². The summed E-state index contributed by atoms with van der Waals surface area (Å²) < 4.78 is 0.424. The largest absolute Gasteiger partial charge is 0.329 e. The van der Waals surface area contributed by atoms with Crippen LogP contribution in [0, 0.1) is 0 Å². The van der Waals surface area contributed by atoms with Gasteiger partial charge in [-0.15, -0.1) is 63.0 Å². The molecule has 0 saturated carbocycles. The van der Waals surface area contributed by atoms with Gasteiger partial charge in [-0.05, 0) is 11.1 Å². The number of rotatable bonds is 3. The van der Waals surface area contributed by atoms with Crippen molar-refractivity contribution in [2.75, 3.05) is 0 Å². The minimum Gasteiger partial charge on any atom is -0.132 e. The molecule has 2 rings (SSSR count). The first-order valence-corrected chi connectivity index (χ1v) is 9.01. The molecule has 0 bridgehead atoms. The number of hydrogen-bond donors (Lipinski definition) is 0. The van der Waals surface area contributed by atoms with E-state index in [1.54, 1.807) is 0 Å². The highest BCUT2D eigenvalue weighted by atomic mass is 79.9. The van der Waals surface area contributed by atoms with Crippen molar-refractivity contribution in [1.29, 1.82) is 0 Å². The molecule has 0 amide bonds. The first kappa shape index (κ1) is 14.9. The smallest absolute Gasteiger partial charge is 0.132 e. The maximum absolute atomic E-state index is 3.49. The molecule has 0 unspecified atom stereocenters. The second-order valence-electron chi connectivity index (χ2n) is 3.85. The van der Waals surface area contributed by atoms with Gasteiger partial charge >= 0.3 is 8.72 Å². The van der Waals surface area contributed by atoms with Gasteiger partial charge in [0.05, 0.1) is 0 Å². The van der Waals surface area contributed by atoms with Gasteiger partial charge in [0.25, 0.3) is 0 Å². The zero-order chi connectivity index (χ0) is 13.1. The summed E-state index contributed by atoms with van der Waals surface area (Å²) in [7, 11) is 0. The van der Waals surface area contributed by atoms with Crippen LogP contribution in [0.5, 0.6) is 0 Å². The Bertz CT molecular complexity index is 459. The Hall–Kier alpha value is 0.490. The Kier molecular flexibility index (Phi) is 5.61. The molecular weight excluding hydrogens is 485 g/mol.